The first-order chi connectivity index (χ1) is 16.8. The quantitative estimate of drug-likeness (QED) is 0.277. The summed E-state index contributed by atoms with van der Waals surface area (Å²) in [6.45, 7) is 6.10. The van der Waals surface area contributed by atoms with Crippen LogP contribution in [0.25, 0.3) is 0 Å². The van der Waals surface area contributed by atoms with E-state index in [-0.39, 0.29) is 17.1 Å². The summed E-state index contributed by atoms with van der Waals surface area (Å²) < 4.78 is 78.4. The van der Waals surface area contributed by atoms with Crippen LogP contribution in [0.3, 0.4) is 0 Å². The van der Waals surface area contributed by atoms with Gasteiger partial charge in [-0.25, -0.2) is 47.2 Å². The molecule has 0 bridgehead atoms. The first kappa shape index (κ1) is 35.6. The van der Waals surface area contributed by atoms with Crippen molar-refractivity contribution in [3.05, 3.63) is 47.8 Å². The van der Waals surface area contributed by atoms with Crippen LogP contribution >= 0.6 is 0 Å². The van der Waals surface area contributed by atoms with Crippen LogP contribution < -0.4 is 46.7 Å². The topological polar surface area (TPSA) is 235 Å². The van der Waals surface area contributed by atoms with Gasteiger partial charge in [0.05, 0.1) is 25.6 Å². The van der Waals surface area contributed by atoms with Gasteiger partial charge in [-0.15, -0.1) is 20.5 Å². The third kappa shape index (κ3) is 20.3. The van der Waals surface area contributed by atoms with E-state index < -0.39 is 20.5 Å². The Morgan fingerprint density at radius 1 is 0.649 bits per heavy atom. The molecule has 0 unspecified atom stereocenters. The summed E-state index contributed by atoms with van der Waals surface area (Å²) in [6.07, 6.45) is 2.29. The molecule has 0 atom stereocenters. The molecule has 209 valence electrons. The monoisotopic (exact) mass is 609 g/mol. The van der Waals surface area contributed by atoms with Crippen LogP contribution in [0.5, 0.6) is 11.8 Å². The molecular weight excluding hydrogens is 582 g/mol. The standard InChI is InChI=1S/C20H28N4O2.2ClHO4.Mn/c1-25-19-9-3-7-17(21-19)15-23-11-5-13-24(14-6-12-23)16-18-8-4-10-20(22-18)26-2;2*2-1(3,4)5;/h3-4,7-10H,5-6,11-16H2,1-2H3;2*(H,2,3,4,5);/q;;;+2/p-2. The number of hydrogen-bond acceptors (Lipinski definition) is 14. The third-order valence-electron chi connectivity index (χ3n) is 4.65. The summed E-state index contributed by atoms with van der Waals surface area (Å²) in [5.41, 5.74) is 2.14. The number of nitrogens with zero attached hydrogens (tertiary/aromatic N) is 4. The molecule has 1 radical (unpaired) electrons. The second kappa shape index (κ2) is 18.0. The van der Waals surface area contributed by atoms with Crippen molar-refractivity contribution < 1.29 is 84.3 Å². The molecule has 1 fully saturated rings. The van der Waals surface area contributed by atoms with Gasteiger partial charge in [0.2, 0.25) is 11.8 Å². The fraction of sp³-hybridized carbons (Fsp3) is 0.500. The summed E-state index contributed by atoms with van der Waals surface area (Å²) in [7, 11) is -6.57. The number of ether oxygens (including phenoxy) is 2. The molecule has 14 nitrogen and oxygen atoms in total. The average molecular weight is 610 g/mol. The van der Waals surface area contributed by atoms with Crippen LogP contribution in [-0.2, 0) is 30.2 Å². The van der Waals surface area contributed by atoms with Gasteiger partial charge in [0.25, 0.3) is 0 Å². The molecule has 2 aromatic rings. The van der Waals surface area contributed by atoms with Crippen LogP contribution in [-0.4, -0.2) is 60.2 Å². The van der Waals surface area contributed by atoms with Gasteiger partial charge in [0.1, 0.15) is 0 Å². The summed E-state index contributed by atoms with van der Waals surface area (Å²) in [5, 5.41) is 0. The van der Waals surface area contributed by atoms with Gasteiger partial charge < -0.3 is 9.47 Å². The van der Waals surface area contributed by atoms with E-state index in [2.05, 4.69) is 31.9 Å². The van der Waals surface area contributed by atoms with E-state index >= 15 is 0 Å². The maximum absolute atomic E-state index is 8.49. The van der Waals surface area contributed by atoms with Crippen molar-refractivity contribution in [3.63, 3.8) is 0 Å². The first-order valence-corrected chi connectivity index (χ1v) is 12.9. The molecule has 1 aliphatic heterocycles. The van der Waals surface area contributed by atoms with Gasteiger partial charge in [-0.3, -0.25) is 9.80 Å². The van der Waals surface area contributed by atoms with Gasteiger partial charge in [-0.2, -0.15) is 0 Å². The van der Waals surface area contributed by atoms with Gasteiger partial charge in [0.15, 0.2) is 0 Å². The molecule has 0 saturated carbocycles. The summed E-state index contributed by atoms with van der Waals surface area (Å²) in [4.78, 5) is 14.0. The first-order valence-electron chi connectivity index (χ1n) is 10.4. The molecule has 0 aromatic carbocycles. The molecule has 1 aliphatic rings. The maximum atomic E-state index is 8.49. The molecule has 1 saturated heterocycles. The van der Waals surface area contributed by atoms with Crippen LogP contribution in [0.1, 0.15) is 24.2 Å². The molecular formula is C20H28Cl2MnN4O10. The molecule has 3 rings (SSSR count). The van der Waals surface area contributed by atoms with E-state index in [9.17, 15) is 0 Å². The van der Waals surface area contributed by atoms with Gasteiger partial charge in [-0.1, -0.05) is 12.1 Å². The Hall–Kier alpha value is -1.40. The normalized spacial score (nSPS) is 15.0. The van der Waals surface area contributed by atoms with Gasteiger partial charge >= 0.3 is 17.1 Å². The molecule has 0 aliphatic carbocycles. The van der Waals surface area contributed by atoms with E-state index in [1.54, 1.807) is 14.2 Å². The van der Waals surface area contributed by atoms with Crippen LogP contribution in [0.2, 0.25) is 0 Å². The molecule has 2 aromatic heterocycles. The molecule has 37 heavy (non-hydrogen) atoms. The van der Waals surface area contributed by atoms with E-state index in [0.29, 0.717) is 11.8 Å². The van der Waals surface area contributed by atoms with Crippen molar-refractivity contribution in [2.45, 2.75) is 25.9 Å². The molecule has 0 N–H and O–H groups in total. The van der Waals surface area contributed by atoms with E-state index in [4.69, 9.17) is 46.7 Å². The SMILES string of the molecule is COc1cccc(CN2CCCN(Cc3cccc(OC)n3)CCC2)n1.[Mn+2].[O-][Cl+3]([O-])([O-])[O-].[O-][Cl+3]([O-])([O-])[O-]. The smallest absolute Gasteiger partial charge is 0.481 e. The zero-order chi connectivity index (χ0) is 27.2. The van der Waals surface area contributed by atoms with E-state index in [1.807, 2.05) is 24.3 Å². The Kier molecular flexibility index (Phi) is 17.3. The van der Waals surface area contributed by atoms with Crippen molar-refractivity contribution in [2.75, 3.05) is 40.4 Å². The Morgan fingerprint density at radius 3 is 1.22 bits per heavy atom. The van der Waals surface area contributed by atoms with Crippen molar-refractivity contribution in [2.24, 2.45) is 0 Å². The van der Waals surface area contributed by atoms with Crippen molar-refractivity contribution in [1.82, 2.24) is 19.8 Å². The third-order valence-corrected chi connectivity index (χ3v) is 4.65. The van der Waals surface area contributed by atoms with E-state index in [1.165, 1.54) is 0 Å². The molecule has 17 heteroatoms. The number of hydrogen-bond donors (Lipinski definition) is 0. The second-order valence-corrected chi connectivity index (χ2v) is 8.87. The zero-order valence-electron chi connectivity index (χ0n) is 20.1. The van der Waals surface area contributed by atoms with Crippen molar-refractivity contribution >= 4 is 0 Å². The average Bonchev–Trinajstić information content (AvgIpc) is 2.75. The summed E-state index contributed by atoms with van der Waals surface area (Å²) in [5.74, 6) is 1.37. The largest absolute Gasteiger partial charge is 2.00 e. The van der Waals surface area contributed by atoms with E-state index in [0.717, 1.165) is 63.5 Å². The zero-order valence-corrected chi connectivity index (χ0v) is 22.8. The number of methoxy groups -OCH3 is 2. The van der Waals surface area contributed by atoms with Crippen molar-refractivity contribution in [3.8, 4) is 11.8 Å². The Bertz CT molecular complexity index is 801. The second-order valence-electron chi connectivity index (χ2n) is 7.36. The minimum Gasteiger partial charge on any atom is -0.481 e. The predicted octanol–water partition coefficient (Wildman–Crippen LogP) is -6.92. The fourth-order valence-electron chi connectivity index (χ4n) is 3.35. The number of halogens is 2. The molecule has 0 amide bonds. The summed E-state index contributed by atoms with van der Waals surface area (Å²) in [6, 6.07) is 11.9. The minimum atomic E-state index is -4.94. The number of aromatic nitrogens is 2. The Morgan fingerprint density at radius 2 is 0.946 bits per heavy atom. The molecule has 3 heterocycles. The Labute approximate surface area is 229 Å². The van der Waals surface area contributed by atoms with Crippen molar-refractivity contribution in [1.29, 1.82) is 0 Å². The molecule has 0 spiro atoms. The predicted molar refractivity (Wildman–Crippen MR) is 101 cm³/mol. The maximum Gasteiger partial charge on any atom is 2.00 e. The number of rotatable bonds is 6. The van der Waals surface area contributed by atoms with Crippen LogP contribution in [0.15, 0.2) is 36.4 Å². The Balaban J connectivity index is 0.00000101. The van der Waals surface area contributed by atoms with Crippen LogP contribution in [0.4, 0.5) is 0 Å². The minimum absolute atomic E-state index is 0. The van der Waals surface area contributed by atoms with Gasteiger partial charge in [0, 0.05) is 25.2 Å². The number of pyridine rings is 2. The van der Waals surface area contributed by atoms with Crippen LogP contribution in [0, 0.1) is 20.5 Å². The van der Waals surface area contributed by atoms with Gasteiger partial charge in [-0.05, 0) is 51.2 Å². The fourth-order valence-corrected chi connectivity index (χ4v) is 3.35. The summed E-state index contributed by atoms with van der Waals surface area (Å²) >= 11 is 0.